The second-order valence-electron chi connectivity index (χ2n) is 4.30. The van der Waals surface area contributed by atoms with Crippen molar-refractivity contribution in [3.63, 3.8) is 0 Å². The number of hydrogen-bond donors (Lipinski definition) is 2. The molecule has 2 atom stereocenters. The Labute approximate surface area is 87.9 Å². The minimum absolute atomic E-state index is 0.0597. The van der Waals surface area contributed by atoms with Crippen LogP contribution in [0.5, 0.6) is 0 Å². The number of hydrogen-bond acceptors (Lipinski definition) is 2. The summed E-state index contributed by atoms with van der Waals surface area (Å²) in [5, 5.41) is 11.6. The Morgan fingerprint density at radius 2 is 1.87 bits per heavy atom. The fraction of sp³-hybridized carbons (Fsp3) is 1.00. The van der Waals surface area contributed by atoms with Crippen LogP contribution in [0.2, 0.25) is 0 Å². The average molecular weight is 225 g/mol. The summed E-state index contributed by atoms with van der Waals surface area (Å²) in [6.07, 6.45) is -2.27. The Hall–Kier alpha value is -0.290. The number of alkyl halides is 3. The lowest BCUT2D eigenvalue weighted by atomic mass is 10.00. The molecule has 1 aliphatic rings. The number of aliphatic hydroxyl groups is 1. The fourth-order valence-electron chi connectivity index (χ4n) is 2.04. The lowest BCUT2D eigenvalue weighted by Crippen LogP contribution is -2.43. The van der Waals surface area contributed by atoms with Gasteiger partial charge in [0.15, 0.2) is 6.10 Å². The molecule has 5 heteroatoms. The Morgan fingerprint density at radius 1 is 1.33 bits per heavy atom. The van der Waals surface area contributed by atoms with Crippen molar-refractivity contribution in [1.82, 2.24) is 5.32 Å². The van der Waals surface area contributed by atoms with Gasteiger partial charge in [0.25, 0.3) is 0 Å². The predicted molar refractivity (Wildman–Crippen MR) is 51.5 cm³/mol. The summed E-state index contributed by atoms with van der Waals surface area (Å²) in [6.45, 7) is 1.49. The molecule has 0 aromatic heterocycles. The molecule has 1 unspecified atom stereocenters. The van der Waals surface area contributed by atoms with Crippen LogP contribution in [0, 0.1) is 5.92 Å². The van der Waals surface area contributed by atoms with Crippen molar-refractivity contribution in [2.45, 2.75) is 50.9 Å². The van der Waals surface area contributed by atoms with Gasteiger partial charge in [0.2, 0.25) is 0 Å². The Balaban J connectivity index is 2.24. The molecule has 1 rings (SSSR count). The van der Waals surface area contributed by atoms with E-state index in [0.29, 0.717) is 5.92 Å². The highest BCUT2D eigenvalue weighted by atomic mass is 19.4. The lowest BCUT2D eigenvalue weighted by molar-refractivity contribution is -0.202. The molecule has 15 heavy (non-hydrogen) atoms. The SMILES string of the molecule is C[C@@H](NCC(O)C(F)(F)F)C1CCCC1. The van der Waals surface area contributed by atoms with Crippen LogP contribution >= 0.6 is 0 Å². The molecular formula is C10H18F3NO. The maximum absolute atomic E-state index is 12.0. The molecule has 90 valence electrons. The maximum atomic E-state index is 12.0. The zero-order chi connectivity index (χ0) is 11.5. The zero-order valence-electron chi connectivity index (χ0n) is 8.85. The summed E-state index contributed by atoms with van der Waals surface area (Å²) in [5.74, 6) is 0.463. The van der Waals surface area contributed by atoms with Crippen LogP contribution in [-0.4, -0.2) is 30.0 Å². The molecule has 2 N–H and O–H groups in total. The van der Waals surface area contributed by atoms with E-state index in [0.717, 1.165) is 12.8 Å². The molecule has 2 nitrogen and oxygen atoms in total. The third kappa shape index (κ3) is 3.99. The van der Waals surface area contributed by atoms with Crippen molar-refractivity contribution < 1.29 is 18.3 Å². The summed E-state index contributed by atoms with van der Waals surface area (Å²) in [4.78, 5) is 0. The van der Waals surface area contributed by atoms with E-state index in [1.165, 1.54) is 12.8 Å². The molecular weight excluding hydrogens is 207 g/mol. The molecule has 0 radical (unpaired) electrons. The number of rotatable bonds is 4. The standard InChI is InChI=1S/C10H18F3NO/c1-7(8-4-2-3-5-8)14-6-9(15)10(11,12)13/h7-9,14-15H,2-6H2,1H3/t7-,9?/m1/s1. The molecule has 1 saturated carbocycles. The Kier molecular flexibility index (Phi) is 4.40. The summed E-state index contributed by atoms with van der Waals surface area (Å²) >= 11 is 0. The van der Waals surface area contributed by atoms with E-state index >= 15 is 0 Å². The minimum Gasteiger partial charge on any atom is -0.382 e. The van der Waals surface area contributed by atoms with E-state index < -0.39 is 18.8 Å². The highest BCUT2D eigenvalue weighted by Crippen LogP contribution is 2.27. The smallest absolute Gasteiger partial charge is 0.382 e. The first-order valence-corrected chi connectivity index (χ1v) is 5.39. The number of nitrogens with one attached hydrogen (secondary N) is 1. The van der Waals surface area contributed by atoms with Crippen molar-refractivity contribution >= 4 is 0 Å². The molecule has 0 spiro atoms. The van der Waals surface area contributed by atoms with Gasteiger partial charge in [0.05, 0.1) is 0 Å². The fourth-order valence-corrected chi connectivity index (χ4v) is 2.04. The van der Waals surface area contributed by atoms with Gasteiger partial charge < -0.3 is 10.4 Å². The van der Waals surface area contributed by atoms with Crippen LogP contribution in [-0.2, 0) is 0 Å². The molecule has 1 aliphatic carbocycles. The van der Waals surface area contributed by atoms with E-state index in [9.17, 15) is 13.2 Å². The molecule has 0 bridgehead atoms. The topological polar surface area (TPSA) is 32.3 Å². The number of halogens is 3. The molecule has 0 heterocycles. The van der Waals surface area contributed by atoms with Gasteiger partial charge in [-0.25, -0.2) is 0 Å². The van der Waals surface area contributed by atoms with Crippen LogP contribution in [0.4, 0.5) is 13.2 Å². The van der Waals surface area contributed by atoms with E-state index in [4.69, 9.17) is 5.11 Å². The first kappa shape index (κ1) is 12.8. The summed E-state index contributed by atoms with van der Waals surface area (Å²) in [7, 11) is 0. The second-order valence-corrected chi connectivity index (χ2v) is 4.30. The highest BCUT2D eigenvalue weighted by molar-refractivity contribution is 4.79. The van der Waals surface area contributed by atoms with Crippen LogP contribution in [0.3, 0.4) is 0 Å². The van der Waals surface area contributed by atoms with E-state index in [-0.39, 0.29) is 6.04 Å². The Bertz CT molecular complexity index is 190. The number of aliphatic hydroxyl groups excluding tert-OH is 1. The van der Waals surface area contributed by atoms with E-state index in [1.54, 1.807) is 0 Å². The molecule has 0 aromatic rings. The third-order valence-electron chi connectivity index (χ3n) is 3.12. The molecule has 1 fully saturated rings. The Morgan fingerprint density at radius 3 is 2.33 bits per heavy atom. The lowest BCUT2D eigenvalue weighted by Gasteiger charge is -2.23. The molecule has 0 amide bonds. The van der Waals surface area contributed by atoms with E-state index in [1.807, 2.05) is 6.92 Å². The average Bonchev–Trinajstić information content (AvgIpc) is 2.64. The van der Waals surface area contributed by atoms with Crippen LogP contribution < -0.4 is 5.32 Å². The normalized spacial score (nSPS) is 23.0. The van der Waals surface area contributed by atoms with Crippen molar-refractivity contribution in [2.75, 3.05) is 6.54 Å². The van der Waals surface area contributed by atoms with Gasteiger partial charge in [-0.2, -0.15) is 13.2 Å². The molecule has 0 aromatic carbocycles. The minimum atomic E-state index is -4.51. The maximum Gasteiger partial charge on any atom is 0.415 e. The van der Waals surface area contributed by atoms with Gasteiger partial charge in [-0.3, -0.25) is 0 Å². The first-order valence-electron chi connectivity index (χ1n) is 5.39. The summed E-state index contributed by atoms with van der Waals surface area (Å²) < 4.78 is 36.0. The quantitative estimate of drug-likeness (QED) is 0.767. The highest BCUT2D eigenvalue weighted by Gasteiger charge is 2.38. The van der Waals surface area contributed by atoms with Gasteiger partial charge in [-0.15, -0.1) is 0 Å². The van der Waals surface area contributed by atoms with Crippen molar-refractivity contribution in [2.24, 2.45) is 5.92 Å². The van der Waals surface area contributed by atoms with Gasteiger partial charge in [-0.05, 0) is 25.7 Å². The monoisotopic (exact) mass is 225 g/mol. The molecule has 0 saturated heterocycles. The largest absolute Gasteiger partial charge is 0.415 e. The molecule has 0 aliphatic heterocycles. The zero-order valence-corrected chi connectivity index (χ0v) is 8.85. The van der Waals surface area contributed by atoms with Crippen LogP contribution in [0.25, 0.3) is 0 Å². The first-order chi connectivity index (χ1) is 6.91. The van der Waals surface area contributed by atoms with Gasteiger partial charge in [-0.1, -0.05) is 12.8 Å². The van der Waals surface area contributed by atoms with Crippen molar-refractivity contribution in [3.8, 4) is 0 Å². The third-order valence-corrected chi connectivity index (χ3v) is 3.12. The van der Waals surface area contributed by atoms with Gasteiger partial charge >= 0.3 is 6.18 Å². The van der Waals surface area contributed by atoms with Crippen LogP contribution in [0.15, 0.2) is 0 Å². The predicted octanol–water partition coefficient (Wildman–Crippen LogP) is 2.08. The summed E-state index contributed by atoms with van der Waals surface area (Å²) in [6, 6.07) is 0.0597. The van der Waals surface area contributed by atoms with Crippen LogP contribution in [0.1, 0.15) is 32.6 Å². The van der Waals surface area contributed by atoms with Gasteiger partial charge in [0.1, 0.15) is 0 Å². The van der Waals surface area contributed by atoms with Gasteiger partial charge in [0, 0.05) is 12.6 Å². The van der Waals surface area contributed by atoms with E-state index in [2.05, 4.69) is 5.32 Å². The summed E-state index contributed by atoms with van der Waals surface area (Å²) in [5.41, 5.74) is 0. The van der Waals surface area contributed by atoms with Crippen molar-refractivity contribution in [3.05, 3.63) is 0 Å². The van der Waals surface area contributed by atoms with Crippen molar-refractivity contribution in [1.29, 1.82) is 0 Å². The second kappa shape index (κ2) is 5.16.